The van der Waals surface area contributed by atoms with E-state index in [-0.39, 0.29) is 24.2 Å². The molecule has 2 aliphatic rings. The van der Waals surface area contributed by atoms with Crippen LogP contribution >= 0.6 is 0 Å². The fourth-order valence-corrected chi connectivity index (χ4v) is 2.27. The van der Waals surface area contributed by atoms with E-state index in [4.69, 9.17) is 4.74 Å². The molecule has 0 saturated heterocycles. The molecule has 0 amide bonds. The highest BCUT2D eigenvalue weighted by Gasteiger charge is 2.44. The van der Waals surface area contributed by atoms with E-state index in [2.05, 4.69) is 12.2 Å². The van der Waals surface area contributed by atoms with Gasteiger partial charge in [0.1, 0.15) is 0 Å². The lowest BCUT2D eigenvalue weighted by Gasteiger charge is -2.21. The number of ether oxygens (including phenoxy) is 1. The molecule has 2 bridgehead atoms. The standard InChI is InChI=1S/C10H16O2/c1-6(2)12-9-5-7-3-4-8(9)10(7)11/h3-4,6-11H,5H2,1-2H3. The summed E-state index contributed by atoms with van der Waals surface area (Å²) in [5.41, 5.74) is 0. The number of rotatable bonds is 2. The minimum atomic E-state index is -0.172. The second-order valence-electron chi connectivity index (χ2n) is 4.08. The fourth-order valence-electron chi connectivity index (χ4n) is 2.27. The zero-order valence-electron chi connectivity index (χ0n) is 7.60. The van der Waals surface area contributed by atoms with Crippen molar-refractivity contribution in [2.75, 3.05) is 0 Å². The largest absolute Gasteiger partial charge is 0.392 e. The number of aliphatic hydroxyl groups excluding tert-OH is 1. The molecule has 4 atom stereocenters. The highest BCUT2D eigenvalue weighted by molar-refractivity contribution is 5.16. The second-order valence-corrected chi connectivity index (χ2v) is 4.08. The van der Waals surface area contributed by atoms with E-state index in [1.54, 1.807) is 0 Å². The van der Waals surface area contributed by atoms with Gasteiger partial charge in [0.2, 0.25) is 0 Å². The molecular formula is C10H16O2. The van der Waals surface area contributed by atoms with Gasteiger partial charge in [-0.05, 0) is 20.3 Å². The van der Waals surface area contributed by atoms with Crippen LogP contribution in [0.3, 0.4) is 0 Å². The van der Waals surface area contributed by atoms with Gasteiger partial charge in [0.15, 0.2) is 0 Å². The van der Waals surface area contributed by atoms with E-state index < -0.39 is 0 Å². The van der Waals surface area contributed by atoms with Crippen LogP contribution in [0.15, 0.2) is 12.2 Å². The summed E-state index contributed by atoms with van der Waals surface area (Å²) in [6.45, 7) is 4.09. The summed E-state index contributed by atoms with van der Waals surface area (Å²) in [6, 6.07) is 0. The van der Waals surface area contributed by atoms with Gasteiger partial charge in [-0.1, -0.05) is 12.2 Å². The Hall–Kier alpha value is -0.340. The van der Waals surface area contributed by atoms with Crippen LogP contribution < -0.4 is 0 Å². The van der Waals surface area contributed by atoms with Crippen molar-refractivity contribution in [3.63, 3.8) is 0 Å². The van der Waals surface area contributed by atoms with Crippen LogP contribution in [0.2, 0.25) is 0 Å². The Morgan fingerprint density at radius 2 is 2.17 bits per heavy atom. The molecule has 2 nitrogen and oxygen atoms in total. The zero-order valence-corrected chi connectivity index (χ0v) is 7.60. The summed E-state index contributed by atoms with van der Waals surface area (Å²) in [7, 11) is 0. The first-order chi connectivity index (χ1) is 5.68. The summed E-state index contributed by atoms with van der Waals surface area (Å²) < 4.78 is 5.70. The van der Waals surface area contributed by atoms with Crippen molar-refractivity contribution in [1.82, 2.24) is 0 Å². The maximum atomic E-state index is 9.67. The third kappa shape index (κ3) is 1.19. The van der Waals surface area contributed by atoms with Gasteiger partial charge >= 0.3 is 0 Å². The van der Waals surface area contributed by atoms with E-state index in [1.807, 2.05) is 13.8 Å². The van der Waals surface area contributed by atoms with Crippen LogP contribution in [0.1, 0.15) is 20.3 Å². The Kier molecular flexibility index (Phi) is 1.97. The van der Waals surface area contributed by atoms with E-state index >= 15 is 0 Å². The van der Waals surface area contributed by atoms with Crippen molar-refractivity contribution in [3.8, 4) is 0 Å². The number of hydrogen-bond donors (Lipinski definition) is 1. The van der Waals surface area contributed by atoms with Crippen molar-refractivity contribution in [2.45, 2.75) is 38.6 Å². The zero-order chi connectivity index (χ0) is 8.72. The summed E-state index contributed by atoms with van der Waals surface area (Å²) >= 11 is 0. The Balaban J connectivity index is 2.00. The Labute approximate surface area is 73.2 Å². The molecule has 0 aromatic heterocycles. The molecule has 68 valence electrons. The first kappa shape index (κ1) is 8.27. The average molecular weight is 168 g/mol. The third-order valence-electron chi connectivity index (χ3n) is 2.79. The van der Waals surface area contributed by atoms with Crippen LogP contribution in [0.5, 0.6) is 0 Å². The highest BCUT2D eigenvalue weighted by Crippen LogP contribution is 2.41. The highest BCUT2D eigenvalue weighted by atomic mass is 16.5. The summed E-state index contributed by atoms with van der Waals surface area (Å²) in [5.74, 6) is 0.621. The maximum Gasteiger partial charge on any atom is 0.0691 e. The minimum Gasteiger partial charge on any atom is -0.392 e. The van der Waals surface area contributed by atoms with Gasteiger partial charge in [-0.15, -0.1) is 0 Å². The van der Waals surface area contributed by atoms with E-state index in [0.29, 0.717) is 5.92 Å². The van der Waals surface area contributed by atoms with Crippen molar-refractivity contribution in [3.05, 3.63) is 12.2 Å². The topological polar surface area (TPSA) is 29.5 Å². The minimum absolute atomic E-state index is 0.172. The molecule has 4 unspecified atom stereocenters. The van der Waals surface area contributed by atoms with E-state index in [9.17, 15) is 5.11 Å². The predicted octanol–water partition coefficient (Wildman–Crippen LogP) is 1.35. The SMILES string of the molecule is CC(C)OC1CC2C=CC1C2O. The van der Waals surface area contributed by atoms with Crippen LogP contribution in [-0.4, -0.2) is 23.4 Å². The summed E-state index contributed by atoms with van der Waals surface area (Å²) in [4.78, 5) is 0. The molecule has 0 heterocycles. The summed E-state index contributed by atoms with van der Waals surface area (Å²) in [6.07, 6.45) is 5.58. The summed E-state index contributed by atoms with van der Waals surface area (Å²) in [5, 5.41) is 9.67. The Bertz CT molecular complexity index is 198. The predicted molar refractivity (Wildman–Crippen MR) is 46.8 cm³/mol. The number of aliphatic hydroxyl groups is 1. The van der Waals surface area contributed by atoms with E-state index in [0.717, 1.165) is 6.42 Å². The van der Waals surface area contributed by atoms with Gasteiger partial charge in [-0.2, -0.15) is 0 Å². The lowest BCUT2D eigenvalue weighted by Crippen LogP contribution is -2.25. The Morgan fingerprint density at radius 3 is 2.58 bits per heavy atom. The van der Waals surface area contributed by atoms with Gasteiger partial charge in [-0.3, -0.25) is 0 Å². The molecule has 2 heteroatoms. The Morgan fingerprint density at radius 1 is 1.42 bits per heavy atom. The van der Waals surface area contributed by atoms with Gasteiger partial charge in [0.05, 0.1) is 18.3 Å². The van der Waals surface area contributed by atoms with Crippen LogP contribution in [-0.2, 0) is 4.74 Å². The third-order valence-corrected chi connectivity index (χ3v) is 2.79. The number of fused-ring (bicyclic) bond motifs is 2. The fraction of sp³-hybridized carbons (Fsp3) is 0.800. The van der Waals surface area contributed by atoms with Crippen molar-refractivity contribution >= 4 is 0 Å². The van der Waals surface area contributed by atoms with Gasteiger partial charge in [0.25, 0.3) is 0 Å². The quantitative estimate of drug-likeness (QED) is 0.631. The molecule has 12 heavy (non-hydrogen) atoms. The molecular weight excluding hydrogens is 152 g/mol. The van der Waals surface area contributed by atoms with Crippen LogP contribution in [0.25, 0.3) is 0 Å². The first-order valence-corrected chi connectivity index (χ1v) is 4.70. The molecule has 0 aromatic rings. The molecule has 1 fully saturated rings. The van der Waals surface area contributed by atoms with Gasteiger partial charge < -0.3 is 9.84 Å². The van der Waals surface area contributed by atoms with E-state index in [1.165, 1.54) is 0 Å². The smallest absolute Gasteiger partial charge is 0.0691 e. The lowest BCUT2D eigenvalue weighted by atomic mass is 10.0. The molecule has 2 rings (SSSR count). The first-order valence-electron chi connectivity index (χ1n) is 4.70. The van der Waals surface area contributed by atoms with Gasteiger partial charge in [0, 0.05) is 11.8 Å². The molecule has 2 aliphatic carbocycles. The van der Waals surface area contributed by atoms with Crippen LogP contribution in [0, 0.1) is 11.8 Å². The van der Waals surface area contributed by atoms with Crippen molar-refractivity contribution in [1.29, 1.82) is 0 Å². The van der Waals surface area contributed by atoms with Gasteiger partial charge in [-0.25, -0.2) is 0 Å². The second kappa shape index (κ2) is 2.86. The molecule has 1 saturated carbocycles. The van der Waals surface area contributed by atoms with Crippen molar-refractivity contribution < 1.29 is 9.84 Å². The average Bonchev–Trinajstić information content (AvgIpc) is 2.44. The monoisotopic (exact) mass is 168 g/mol. The van der Waals surface area contributed by atoms with Crippen LogP contribution in [0.4, 0.5) is 0 Å². The lowest BCUT2D eigenvalue weighted by molar-refractivity contribution is -0.0164. The normalized spacial score (nSPS) is 44.7. The molecule has 0 aliphatic heterocycles. The number of hydrogen-bond acceptors (Lipinski definition) is 2. The molecule has 0 aromatic carbocycles. The molecule has 0 radical (unpaired) electrons. The van der Waals surface area contributed by atoms with Crippen molar-refractivity contribution in [2.24, 2.45) is 11.8 Å². The maximum absolute atomic E-state index is 9.67. The molecule has 1 N–H and O–H groups in total. The molecule has 0 spiro atoms.